The number of ether oxygens (including phenoxy) is 2. The van der Waals surface area contributed by atoms with Crippen molar-refractivity contribution in [3.05, 3.63) is 23.8 Å². The highest BCUT2D eigenvalue weighted by molar-refractivity contribution is 5.71. The van der Waals surface area contributed by atoms with E-state index in [-0.39, 0.29) is 36.5 Å². The van der Waals surface area contributed by atoms with Gasteiger partial charge in [-0.3, -0.25) is 9.59 Å². The number of carbonyl (C=O) groups is 2. The van der Waals surface area contributed by atoms with Crippen molar-refractivity contribution in [1.82, 2.24) is 0 Å². The molecule has 0 aromatic rings. The van der Waals surface area contributed by atoms with Crippen molar-refractivity contribution in [3.63, 3.8) is 0 Å². The van der Waals surface area contributed by atoms with Crippen molar-refractivity contribution in [2.45, 2.75) is 84.0 Å². The smallest absolute Gasteiger partial charge is 0.308 e. The number of hydrogen-bond donors (Lipinski definition) is 1. The molecule has 0 spiro atoms. The van der Waals surface area contributed by atoms with Crippen molar-refractivity contribution in [1.29, 1.82) is 0 Å². The molecule has 28 heavy (non-hydrogen) atoms. The number of esters is 2. The summed E-state index contributed by atoms with van der Waals surface area (Å²) < 4.78 is 11.4. The first kappa shape index (κ1) is 21.1. The Balaban J connectivity index is 1.73. The highest BCUT2D eigenvalue weighted by Crippen LogP contribution is 2.45. The number of cyclic esters (lactones) is 1. The van der Waals surface area contributed by atoms with Crippen LogP contribution in [0, 0.1) is 23.7 Å². The molecule has 0 amide bonds. The Morgan fingerprint density at radius 1 is 1.32 bits per heavy atom. The van der Waals surface area contributed by atoms with Gasteiger partial charge in [-0.25, -0.2) is 0 Å². The van der Waals surface area contributed by atoms with Crippen LogP contribution in [0.25, 0.3) is 0 Å². The first-order valence-corrected chi connectivity index (χ1v) is 10.8. The number of carbonyl (C=O) groups excluding carboxylic acids is 2. The summed E-state index contributed by atoms with van der Waals surface area (Å²) in [7, 11) is 0. The van der Waals surface area contributed by atoms with Gasteiger partial charge in [0.1, 0.15) is 12.2 Å². The Hall–Kier alpha value is -1.62. The van der Waals surface area contributed by atoms with Gasteiger partial charge in [0, 0.05) is 18.8 Å². The van der Waals surface area contributed by atoms with Crippen molar-refractivity contribution < 1.29 is 24.2 Å². The molecule has 3 aliphatic rings. The highest BCUT2D eigenvalue weighted by Gasteiger charge is 2.43. The molecule has 2 aliphatic carbocycles. The Labute approximate surface area is 168 Å². The lowest BCUT2D eigenvalue weighted by molar-refractivity contribution is -0.162. The summed E-state index contributed by atoms with van der Waals surface area (Å²) in [5.74, 6) is 0.767. The number of rotatable bonds is 6. The van der Waals surface area contributed by atoms with Gasteiger partial charge in [0.15, 0.2) is 0 Å². The third-order valence-corrected chi connectivity index (χ3v) is 6.53. The highest BCUT2D eigenvalue weighted by atomic mass is 16.5. The summed E-state index contributed by atoms with van der Waals surface area (Å²) in [5.41, 5.74) is 1.27. The van der Waals surface area contributed by atoms with Crippen molar-refractivity contribution >= 4 is 11.9 Å². The SMILES string of the molecule is CCCC(=O)O[C@@H]1[C@H]2C(=CC[C@@H]1C)C=C[C@H](C)[C@@H]2CC[C@@H]1C[C@@H](O)CC(=O)O1. The average Bonchev–Trinajstić information content (AvgIpc) is 2.62. The minimum absolute atomic E-state index is 0.0988. The number of allylic oxidation sites excluding steroid dienone is 3. The fourth-order valence-corrected chi connectivity index (χ4v) is 5.00. The molecule has 0 aromatic carbocycles. The number of aliphatic hydroxyl groups excluding tert-OH is 1. The Kier molecular flexibility index (Phi) is 6.97. The number of hydrogen-bond acceptors (Lipinski definition) is 5. The number of fused-ring (bicyclic) bond motifs is 1. The van der Waals surface area contributed by atoms with E-state index in [0.717, 1.165) is 25.7 Å². The minimum Gasteiger partial charge on any atom is -0.462 e. The zero-order valence-electron chi connectivity index (χ0n) is 17.3. The maximum absolute atomic E-state index is 12.3. The fourth-order valence-electron chi connectivity index (χ4n) is 5.00. The van der Waals surface area contributed by atoms with Crippen LogP contribution in [0.3, 0.4) is 0 Å². The molecule has 1 heterocycles. The molecule has 3 rings (SSSR count). The second kappa shape index (κ2) is 9.25. The van der Waals surface area contributed by atoms with Crippen LogP contribution in [0.1, 0.15) is 65.7 Å². The Bertz CT molecular complexity index is 637. The largest absolute Gasteiger partial charge is 0.462 e. The first-order chi connectivity index (χ1) is 13.4. The molecule has 5 nitrogen and oxygen atoms in total. The molecule has 0 unspecified atom stereocenters. The van der Waals surface area contributed by atoms with E-state index in [1.165, 1.54) is 5.57 Å². The van der Waals surface area contributed by atoms with Crippen LogP contribution in [0.4, 0.5) is 0 Å². The lowest BCUT2D eigenvalue weighted by Gasteiger charge is -2.44. The van der Waals surface area contributed by atoms with Crippen LogP contribution >= 0.6 is 0 Å². The van der Waals surface area contributed by atoms with Crippen LogP contribution in [0.15, 0.2) is 23.8 Å². The zero-order valence-corrected chi connectivity index (χ0v) is 17.3. The van der Waals surface area contributed by atoms with Gasteiger partial charge in [-0.05, 0) is 49.0 Å². The molecule has 1 saturated heterocycles. The van der Waals surface area contributed by atoms with Gasteiger partial charge >= 0.3 is 11.9 Å². The van der Waals surface area contributed by atoms with E-state index in [9.17, 15) is 14.7 Å². The normalized spacial score (nSPS) is 37.6. The van der Waals surface area contributed by atoms with Crippen molar-refractivity contribution in [2.75, 3.05) is 0 Å². The van der Waals surface area contributed by atoms with Crippen molar-refractivity contribution in [3.8, 4) is 0 Å². The van der Waals surface area contributed by atoms with Gasteiger partial charge in [0.25, 0.3) is 0 Å². The van der Waals surface area contributed by atoms with Gasteiger partial charge in [-0.2, -0.15) is 0 Å². The van der Waals surface area contributed by atoms with E-state index in [1.807, 2.05) is 6.92 Å². The van der Waals surface area contributed by atoms with Gasteiger partial charge < -0.3 is 14.6 Å². The second-order valence-corrected chi connectivity index (χ2v) is 8.81. The predicted octanol–water partition coefficient (Wildman–Crippen LogP) is 3.95. The third kappa shape index (κ3) is 4.86. The molecule has 0 saturated carbocycles. The van der Waals surface area contributed by atoms with E-state index in [4.69, 9.17) is 9.47 Å². The summed E-state index contributed by atoms with van der Waals surface area (Å²) in [6, 6.07) is 0. The maximum atomic E-state index is 12.3. The summed E-state index contributed by atoms with van der Waals surface area (Å²) in [6.45, 7) is 6.37. The van der Waals surface area contributed by atoms with E-state index in [0.29, 0.717) is 30.6 Å². The standard InChI is InChI=1S/C23H34O5/c1-4-5-20(25)28-23-15(3)7-9-16-8-6-14(2)19(22(16)23)11-10-18-12-17(24)13-21(26)27-18/h6,8-9,14-15,17-19,22-24H,4-5,7,10-13H2,1-3H3/t14-,15-,17+,18+,19-,22-,23-/m0/s1. The topological polar surface area (TPSA) is 72.8 Å². The molecule has 1 N–H and O–H groups in total. The summed E-state index contributed by atoms with van der Waals surface area (Å²) in [4.78, 5) is 23.9. The van der Waals surface area contributed by atoms with E-state index in [2.05, 4.69) is 32.1 Å². The van der Waals surface area contributed by atoms with E-state index < -0.39 is 6.10 Å². The van der Waals surface area contributed by atoms with Crippen LogP contribution in [0.2, 0.25) is 0 Å². The quantitative estimate of drug-likeness (QED) is 0.695. The number of aliphatic hydroxyl groups is 1. The molecule has 7 atom stereocenters. The Morgan fingerprint density at radius 2 is 2.11 bits per heavy atom. The predicted molar refractivity (Wildman–Crippen MR) is 106 cm³/mol. The fraction of sp³-hybridized carbons (Fsp3) is 0.739. The van der Waals surface area contributed by atoms with Crippen molar-refractivity contribution in [2.24, 2.45) is 23.7 Å². The van der Waals surface area contributed by atoms with Crippen LogP contribution in [-0.2, 0) is 19.1 Å². The molecule has 156 valence electrons. The van der Waals surface area contributed by atoms with E-state index >= 15 is 0 Å². The monoisotopic (exact) mass is 390 g/mol. The van der Waals surface area contributed by atoms with Crippen LogP contribution < -0.4 is 0 Å². The third-order valence-electron chi connectivity index (χ3n) is 6.53. The first-order valence-electron chi connectivity index (χ1n) is 10.8. The molecule has 0 bridgehead atoms. The van der Waals surface area contributed by atoms with Gasteiger partial charge in [-0.1, -0.05) is 39.0 Å². The molecular formula is C23H34O5. The second-order valence-electron chi connectivity index (χ2n) is 8.81. The summed E-state index contributed by atoms with van der Waals surface area (Å²) in [5, 5.41) is 9.87. The van der Waals surface area contributed by atoms with Crippen LogP contribution in [-0.4, -0.2) is 35.4 Å². The zero-order chi connectivity index (χ0) is 20.3. The molecule has 0 radical (unpaired) electrons. The van der Waals surface area contributed by atoms with E-state index in [1.54, 1.807) is 0 Å². The Morgan fingerprint density at radius 3 is 2.82 bits per heavy atom. The van der Waals surface area contributed by atoms with Gasteiger partial charge in [-0.15, -0.1) is 0 Å². The minimum atomic E-state index is -0.595. The lowest BCUT2D eigenvalue weighted by atomic mass is 9.64. The van der Waals surface area contributed by atoms with Crippen LogP contribution in [0.5, 0.6) is 0 Å². The average molecular weight is 391 g/mol. The summed E-state index contributed by atoms with van der Waals surface area (Å²) >= 11 is 0. The van der Waals surface area contributed by atoms with Gasteiger partial charge in [0.05, 0.1) is 12.5 Å². The van der Waals surface area contributed by atoms with Gasteiger partial charge in [0.2, 0.25) is 0 Å². The summed E-state index contributed by atoms with van der Waals surface area (Å²) in [6.07, 6.45) is 10.2. The lowest BCUT2D eigenvalue weighted by Crippen LogP contribution is -2.43. The molecule has 1 fully saturated rings. The molecule has 5 heteroatoms. The molecule has 1 aliphatic heterocycles. The molecular weight excluding hydrogens is 356 g/mol. The molecule has 0 aromatic heterocycles. The maximum Gasteiger partial charge on any atom is 0.308 e.